The Morgan fingerprint density at radius 3 is 2.50 bits per heavy atom. The molecule has 0 radical (unpaired) electrons. The number of nitrogens with one attached hydrogen (secondary N) is 1. The van der Waals surface area contributed by atoms with E-state index in [0.29, 0.717) is 24.8 Å². The first-order chi connectivity index (χ1) is 7.51. The van der Waals surface area contributed by atoms with Gasteiger partial charge in [-0.3, -0.25) is 4.79 Å². The molecular formula is C12H26N2O2. The van der Waals surface area contributed by atoms with Crippen LogP contribution in [0.25, 0.3) is 0 Å². The van der Waals surface area contributed by atoms with E-state index in [1.807, 2.05) is 13.8 Å². The van der Waals surface area contributed by atoms with E-state index in [4.69, 9.17) is 10.8 Å². The van der Waals surface area contributed by atoms with Crippen LogP contribution in [0.5, 0.6) is 0 Å². The Balaban J connectivity index is 3.79. The fraction of sp³-hybridized carbons (Fsp3) is 0.917. The highest BCUT2D eigenvalue weighted by molar-refractivity contribution is 5.76. The zero-order chi connectivity index (χ0) is 12.6. The summed E-state index contributed by atoms with van der Waals surface area (Å²) in [7, 11) is 0. The molecule has 0 fully saturated rings. The molecule has 1 amide bonds. The molecule has 0 saturated heterocycles. The second kappa shape index (κ2) is 8.53. The molecular weight excluding hydrogens is 204 g/mol. The molecule has 0 spiro atoms. The van der Waals surface area contributed by atoms with Gasteiger partial charge in [-0.1, -0.05) is 27.2 Å². The van der Waals surface area contributed by atoms with Gasteiger partial charge in [0, 0.05) is 25.6 Å². The average Bonchev–Trinajstić information content (AvgIpc) is 2.23. The van der Waals surface area contributed by atoms with E-state index in [1.54, 1.807) is 0 Å². The van der Waals surface area contributed by atoms with Crippen molar-refractivity contribution in [2.24, 2.45) is 17.6 Å². The van der Waals surface area contributed by atoms with Crippen molar-refractivity contribution in [3.05, 3.63) is 0 Å². The lowest BCUT2D eigenvalue weighted by Crippen LogP contribution is -2.36. The number of hydrogen-bond acceptors (Lipinski definition) is 3. The molecule has 0 rings (SSSR count). The maximum absolute atomic E-state index is 11.5. The molecule has 2 unspecified atom stereocenters. The molecule has 0 aliphatic rings. The summed E-state index contributed by atoms with van der Waals surface area (Å²) in [5.74, 6) is 0.701. The van der Waals surface area contributed by atoms with Gasteiger partial charge in [-0.05, 0) is 18.3 Å². The van der Waals surface area contributed by atoms with Gasteiger partial charge in [0.05, 0.1) is 0 Å². The number of nitrogens with two attached hydrogens (primary N) is 1. The quantitative estimate of drug-likeness (QED) is 0.579. The standard InChI is InChI=1S/C12H26N2O2/c1-4-10(5-6-15)8-14-12(16)7-11(13)9(2)3/h9-11,15H,4-8,13H2,1-3H3,(H,14,16). The van der Waals surface area contributed by atoms with E-state index >= 15 is 0 Å². The van der Waals surface area contributed by atoms with E-state index in [2.05, 4.69) is 12.2 Å². The van der Waals surface area contributed by atoms with Crippen LogP contribution >= 0.6 is 0 Å². The fourth-order valence-electron chi connectivity index (χ4n) is 1.41. The Morgan fingerprint density at radius 1 is 1.44 bits per heavy atom. The van der Waals surface area contributed by atoms with Crippen LogP contribution in [-0.2, 0) is 4.79 Å². The molecule has 96 valence electrons. The molecule has 0 aromatic rings. The summed E-state index contributed by atoms with van der Waals surface area (Å²) in [5.41, 5.74) is 5.81. The van der Waals surface area contributed by atoms with Crippen LogP contribution in [0.2, 0.25) is 0 Å². The Kier molecular flexibility index (Phi) is 8.21. The van der Waals surface area contributed by atoms with E-state index < -0.39 is 0 Å². The van der Waals surface area contributed by atoms with Gasteiger partial charge in [-0.15, -0.1) is 0 Å². The lowest BCUT2D eigenvalue weighted by molar-refractivity contribution is -0.121. The third kappa shape index (κ3) is 6.80. The first kappa shape index (κ1) is 15.4. The Hall–Kier alpha value is -0.610. The molecule has 0 aliphatic heterocycles. The van der Waals surface area contributed by atoms with Crippen molar-refractivity contribution in [3.8, 4) is 0 Å². The average molecular weight is 230 g/mol. The number of hydrogen-bond donors (Lipinski definition) is 3. The molecule has 0 heterocycles. The van der Waals surface area contributed by atoms with Crippen LogP contribution < -0.4 is 11.1 Å². The smallest absolute Gasteiger partial charge is 0.221 e. The van der Waals surface area contributed by atoms with E-state index in [0.717, 1.165) is 12.8 Å². The highest BCUT2D eigenvalue weighted by atomic mass is 16.3. The first-order valence-electron chi connectivity index (χ1n) is 6.14. The van der Waals surface area contributed by atoms with E-state index in [1.165, 1.54) is 0 Å². The molecule has 16 heavy (non-hydrogen) atoms. The Morgan fingerprint density at radius 2 is 2.06 bits per heavy atom. The summed E-state index contributed by atoms with van der Waals surface area (Å²) in [4.78, 5) is 11.5. The molecule has 4 N–H and O–H groups in total. The van der Waals surface area contributed by atoms with Crippen LogP contribution in [0.3, 0.4) is 0 Å². The Labute approximate surface area is 98.6 Å². The number of amides is 1. The third-order valence-electron chi connectivity index (χ3n) is 2.98. The van der Waals surface area contributed by atoms with Crippen molar-refractivity contribution < 1.29 is 9.90 Å². The largest absolute Gasteiger partial charge is 0.396 e. The third-order valence-corrected chi connectivity index (χ3v) is 2.98. The zero-order valence-electron chi connectivity index (χ0n) is 10.7. The SMILES string of the molecule is CCC(CCO)CNC(=O)CC(N)C(C)C. The van der Waals surface area contributed by atoms with Gasteiger partial charge in [0.25, 0.3) is 0 Å². The van der Waals surface area contributed by atoms with Gasteiger partial charge in [-0.2, -0.15) is 0 Å². The van der Waals surface area contributed by atoms with Crippen LogP contribution in [-0.4, -0.2) is 30.2 Å². The minimum Gasteiger partial charge on any atom is -0.396 e. The lowest BCUT2D eigenvalue weighted by atomic mass is 10.0. The number of carbonyl (C=O) groups is 1. The number of aliphatic hydroxyl groups excluding tert-OH is 1. The van der Waals surface area contributed by atoms with Gasteiger partial charge in [0.1, 0.15) is 0 Å². The van der Waals surface area contributed by atoms with Crippen molar-refractivity contribution in [2.75, 3.05) is 13.2 Å². The van der Waals surface area contributed by atoms with Crippen LogP contribution in [0.4, 0.5) is 0 Å². The summed E-state index contributed by atoms with van der Waals surface area (Å²) in [6, 6.07) is -0.0714. The predicted octanol–water partition coefficient (Wildman–Crippen LogP) is 0.885. The molecule has 0 aromatic carbocycles. The normalized spacial score (nSPS) is 14.9. The van der Waals surface area contributed by atoms with Crippen molar-refractivity contribution in [1.29, 1.82) is 0 Å². The summed E-state index contributed by atoms with van der Waals surface area (Å²) in [6.45, 7) is 6.91. The fourth-order valence-corrected chi connectivity index (χ4v) is 1.41. The topological polar surface area (TPSA) is 75.3 Å². The van der Waals surface area contributed by atoms with Crippen molar-refractivity contribution in [1.82, 2.24) is 5.32 Å². The molecule has 0 bridgehead atoms. The van der Waals surface area contributed by atoms with E-state index in [9.17, 15) is 4.79 Å². The molecule has 4 nitrogen and oxygen atoms in total. The minimum absolute atomic E-state index is 0.0117. The minimum atomic E-state index is -0.0714. The van der Waals surface area contributed by atoms with Crippen LogP contribution in [0, 0.1) is 11.8 Å². The summed E-state index contributed by atoms with van der Waals surface area (Å²) < 4.78 is 0. The maximum Gasteiger partial charge on any atom is 0.221 e. The first-order valence-corrected chi connectivity index (χ1v) is 6.14. The summed E-state index contributed by atoms with van der Waals surface area (Å²) in [6.07, 6.45) is 2.09. The second-order valence-electron chi connectivity index (χ2n) is 4.70. The molecule has 0 saturated carbocycles. The molecule has 2 atom stereocenters. The van der Waals surface area contributed by atoms with E-state index in [-0.39, 0.29) is 18.6 Å². The van der Waals surface area contributed by atoms with Gasteiger partial charge >= 0.3 is 0 Å². The molecule has 0 aromatic heterocycles. The lowest BCUT2D eigenvalue weighted by Gasteiger charge is -2.17. The molecule has 4 heteroatoms. The van der Waals surface area contributed by atoms with Crippen molar-refractivity contribution in [3.63, 3.8) is 0 Å². The van der Waals surface area contributed by atoms with Crippen molar-refractivity contribution in [2.45, 2.75) is 46.1 Å². The van der Waals surface area contributed by atoms with Crippen molar-refractivity contribution >= 4 is 5.91 Å². The molecule has 0 aliphatic carbocycles. The van der Waals surface area contributed by atoms with Gasteiger partial charge in [-0.25, -0.2) is 0 Å². The Bertz CT molecular complexity index is 195. The highest BCUT2D eigenvalue weighted by Gasteiger charge is 2.13. The second-order valence-corrected chi connectivity index (χ2v) is 4.70. The highest BCUT2D eigenvalue weighted by Crippen LogP contribution is 2.06. The number of carbonyl (C=O) groups excluding carboxylic acids is 1. The monoisotopic (exact) mass is 230 g/mol. The maximum atomic E-state index is 11.5. The number of rotatable bonds is 8. The zero-order valence-corrected chi connectivity index (χ0v) is 10.7. The predicted molar refractivity (Wildman–Crippen MR) is 65.9 cm³/mol. The summed E-state index contributed by atoms with van der Waals surface area (Å²) in [5, 5.41) is 11.7. The van der Waals surface area contributed by atoms with Crippen LogP contribution in [0.15, 0.2) is 0 Å². The number of aliphatic hydroxyl groups is 1. The summed E-state index contributed by atoms with van der Waals surface area (Å²) >= 11 is 0. The van der Waals surface area contributed by atoms with Crippen LogP contribution in [0.1, 0.15) is 40.0 Å². The van der Waals surface area contributed by atoms with Gasteiger partial charge in [0.2, 0.25) is 5.91 Å². The van der Waals surface area contributed by atoms with Gasteiger partial charge in [0.15, 0.2) is 0 Å². The van der Waals surface area contributed by atoms with Gasteiger partial charge < -0.3 is 16.2 Å².